The molecule has 0 saturated carbocycles. The predicted octanol–water partition coefficient (Wildman–Crippen LogP) is 5.88. The number of imidazole rings is 1. The van der Waals surface area contributed by atoms with Crippen molar-refractivity contribution in [2.45, 2.75) is 25.2 Å². The highest BCUT2D eigenvalue weighted by atomic mass is 16.1. The maximum Gasteiger partial charge on any atom is 0.224 e. The van der Waals surface area contributed by atoms with Gasteiger partial charge < -0.3 is 10.2 Å². The van der Waals surface area contributed by atoms with Gasteiger partial charge in [-0.25, -0.2) is 4.98 Å². The Morgan fingerprint density at radius 3 is 2.12 bits per heavy atom. The molecule has 1 fully saturated rings. The molecular formula is C34H34N6O. The van der Waals surface area contributed by atoms with Crippen LogP contribution in [0.25, 0.3) is 17.2 Å². The van der Waals surface area contributed by atoms with Crippen LogP contribution in [0, 0.1) is 5.92 Å². The van der Waals surface area contributed by atoms with Gasteiger partial charge in [-0.15, -0.1) is 10.2 Å². The number of rotatable bonds is 9. The van der Waals surface area contributed by atoms with Gasteiger partial charge in [-0.05, 0) is 42.5 Å². The van der Waals surface area contributed by atoms with E-state index in [2.05, 4.69) is 73.9 Å². The van der Waals surface area contributed by atoms with Crippen molar-refractivity contribution in [2.75, 3.05) is 24.5 Å². The lowest BCUT2D eigenvalue weighted by Gasteiger charge is -2.32. The molecule has 6 rings (SSSR count). The van der Waals surface area contributed by atoms with Crippen molar-refractivity contribution in [3.8, 4) is 17.2 Å². The predicted molar refractivity (Wildman–Crippen MR) is 162 cm³/mol. The summed E-state index contributed by atoms with van der Waals surface area (Å²) in [6.45, 7) is 2.14. The average Bonchev–Trinajstić information content (AvgIpc) is 3.55. The Labute approximate surface area is 240 Å². The monoisotopic (exact) mass is 542 g/mol. The van der Waals surface area contributed by atoms with Gasteiger partial charge in [0, 0.05) is 43.5 Å². The van der Waals surface area contributed by atoms with E-state index in [1.807, 2.05) is 65.4 Å². The second kappa shape index (κ2) is 12.6. The van der Waals surface area contributed by atoms with E-state index in [9.17, 15) is 4.79 Å². The zero-order valence-corrected chi connectivity index (χ0v) is 23.0. The van der Waals surface area contributed by atoms with Gasteiger partial charge >= 0.3 is 0 Å². The molecule has 5 aromatic rings. The summed E-state index contributed by atoms with van der Waals surface area (Å²) in [6, 6.07) is 35.1. The molecule has 1 saturated heterocycles. The van der Waals surface area contributed by atoms with Crippen molar-refractivity contribution < 1.29 is 4.79 Å². The molecule has 1 amide bonds. The van der Waals surface area contributed by atoms with Crippen LogP contribution in [0.2, 0.25) is 0 Å². The summed E-state index contributed by atoms with van der Waals surface area (Å²) in [4.78, 5) is 19.9. The van der Waals surface area contributed by atoms with Crippen LogP contribution >= 0.6 is 0 Å². The SMILES string of the molecule is O=C(NCCC(c1ccccc1)c1ccccc1)C1CCCN(c2ccc(-n3ccnc3-c3ccccc3)nn2)C1. The van der Waals surface area contributed by atoms with E-state index in [1.54, 1.807) is 6.20 Å². The van der Waals surface area contributed by atoms with Gasteiger partial charge in [0.15, 0.2) is 11.6 Å². The van der Waals surface area contributed by atoms with E-state index >= 15 is 0 Å². The van der Waals surface area contributed by atoms with Crippen molar-refractivity contribution in [1.82, 2.24) is 25.1 Å². The zero-order chi connectivity index (χ0) is 27.9. The number of nitrogens with one attached hydrogen (secondary N) is 1. The van der Waals surface area contributed by atoms with Gasteiger partial charge in [-0.1, -0.05) is 91.0 Å². The van der Waals surface area contributed by atoms with E-state index in [0.29, 0.717) is 18.9 Å². The Bertz CT molecular complexity index is 1500. The highest BCUT2D eigenvalue weighted by Gasteiger charge is 2.27. The molecule has 1 N–H and O–H groups in total. The maximum absolute atomic E-state index is 13.2. The van der Waals surface area contributed by atoms with Crippen LogP contribution in [-0.2, 0) is 4.79 Å². The molecule has 7 nitrogen and oxygen atoms in total. The van der Waals surface area contributed by atoms with Crippen LogP contribution in [0.3, 0.4) is 0 Å². The number of aromatic nitrogens is 4. The van der Waals surface area contributed by atoms with Crippen molar-refractivity contribution in [1.29, 1.82) is 0 Å². The summed E-state index contributed by atoms with van der Waals surface area (Å²) in [5.41, 5.74) is 3.56. The molecular weight excluding hydrogens is 508 g/mol. The molecule has 2 aromatic heterocycles. The number of hydrogen-bond donors (Lipinski definition) is 1. The Hall–Kier alpha value is -4.78. The van der Waals surface area contributed by atoms with E-state index in [4.69, 9.17) is 0 Å². The third-order valence-corrected chi connectivity index (χ3v) is 7.81. The highest BCUT2D eigenvalue weighted by molar-refractivity contribution is 5.79. The number of benzene rings is 3. The summed E-state index contributed by atoms with van der Waals surface area (Å²) >= 11 is 0. The quantitative estimate of drug-likeness (QED) is 0.252. The van der Waals surface area contributed by atoms with Crippen molar-refractivity contribution >= 4 is 11.7 Å². The summed E-state index contributed by atoms with van der Waals surface area (Å²) < 4.78 is 1.94. The lowest BCUT2D eigenvalue weighted by atomic mass is 9.88. The minimum atomic E-state index is -0.0736. The maximum atomic E-state index is 13.2. The smallest absolute Gasteiger partial charge is 0.224 e. The van der Waals surface area contributed by atoms with Crippen LogP contribution in [0.4, 0.5) is 5.82 Å². The minimum Gasteiger partial charge on any atom is -0.356 e. The second-order valence-electron chi connectivity index (χ2n) is 10.5. The van der Waals surface area contributed by atoms with Gasteiger partial charge in [0.25, 0.3) is 0 Å². The first kappa shape index (κ1) is 26.4. The molecule has 1 unspecified atom stereocenters. The van der Waals surface area contributed by atoms with Crippen LogP contribution in [0.15, 0.2) is 116 Å². The highest BCUT2D eigenvalue weighted by Crippen LogP contribution is 2.28. The Morgan fingerprint density at radius 1 is 0.829 bits per heavy atom. The molecule has 1 aliphatic rings. The summed E-state index contributed by atoms with van der Waals surface area (Å²) in [5.74, 6) is 2.61. The number of anilines is 1. The van der Waals surface area contributed by atoms with Gasteiger partial charge in [-0.2, -0.15) is 0 Å². The standard InChI is InChI=1S/C34H34N6O/c41-34(36-21-20-30(26-11-4-1-5-12-26)27-13-6-2-7-14-27)29-17-10-23-39(25-29)31-18-19-32(38-37-31)40-24-22-35-33(40)28-15-8-3-9-16-28/h1-9,11-16,18-19,22,24,29-30H,10,17,20-21,23,25H2,(H,36,41). The fourth-order valence-corrected chi connectivity index (χ4v) is 5.68. The Morgan fingerprint density at radius 2 is 1.46 bits per heavy atom. The van der Waals surface area contributed by atoms with Crippen molar-refractivity contribution in [3.63, 3.8) is 0 Å². The number of hydrogen-bond acceptors (Lipinski definition) is 5. The number of carbonyl (C=O) groups excluding carboxylic acids is 1. The molecule has 0 radical (unpaired) electrons. The molecule has 1 aliphatic heterocycles. The molecule has 1 atom stereocenters. The van der Waals surface area contributed by atoms with E-state index in [-0.39, 0.29) is 17.7 Å². The Kier molecular flexibility index (Phi) is 8.12. The first-order valence-electron chi connectivity index (χ1n) is 14.3. The first-order chi connectivity index (χ1) is 20.3. The third kappa shape index (κ3) is 6.19. The summed E-state index contributed by atoms with van der Waals surface area (Å²) in [7, 11) is 0. The minimum absolute atomic E-state index is 0.0736. The molecule has 0 spiro atoms. The number of piperidine rings is 1. The number of amides is 1. The summed E-state index contributed by atoms with van der Waals surface area (Å²) in [5, 5.41) is 12.3. The van der Waals surface area contributed by atoms with Crippen LogP contribution < -0.4 is 10.2 Å². The van der Waals surface area contributed by atoms with Crippen molar-refractivity contribution in [2.24, 2.45) is 5.92 Å². The molecule has 3 aromatic carbocycles. The van der Waals surface area contributed by atoms with Crippen LogP contribution in [0.5, 0.6) is 0 Å². The van der Waals surface area contributed by atoms with Crippen LogP contribution in [-0.4, -0.2) is 45.3 Å². The fourth-order valence-electron chi connectivity index (χ4n) is 5.68. The third-order valence-electron chi connectivity index (χ3n) is 7.81. The molecule has 0 aliphatic carbocycles. The Balaban J connectivity index is 1.07. The number of nitrogens with zero attached hydrogens (tertiary/aromatic N) is 5. The van der Waals surface area contributed by atoms with Crippen LogP contribution in [0.1, 0.15) is 36.3 Å². The van der Waals surface area contributed by atoms with Gasteiger partial charge in [0.1, 0.15) is 5.82 Å². The zero-order valence-electron chi connectivity index (χ0n) is 23.0. The lowest BCUT2D eigenvalue weighted by Crippen LogP contribution is -2.43. The van der Waals surface area contributed by atoms with Crippen molar-refractivity contribution in [3.05, 3.63) is 127 Å². The molecule has 206 valence electrons. The second-order valence-corrected chi connectivity index (χ2v) is 10.5. The van der Waals surface area contributed by atoms with E-state index in [1.165, 1.54) is 11.1 Å². The van der Waals surface area contributed by atoms with E-state index in [0.717, 1.165) is 43.0 Å². The molecule has 41 heavy (non-hydrogen) atoms. The average molecular weight is 543 g/mol. The molecule has 3 heterocycles. The van der Waals surface area contributed by atoms with Gasteiger partial charge in [0.2, 0.25) is 5.91 Å². The van der Waals surface area contributed by atoms with Gasteiger partial charge in [0.05, 0.1) is 5.92 Å². The molecule has 7 heteroatoms. The topological polar surface area (TPSA) is 75.9 Å². The fraction of sp³-hybridized carbons (Fsp3) is 0.235. The largest absolute Gasteiger partial charge is 0.356 e. The van der Waals surface area contributed by atoms with E-state index < -0.39 is 0 Å². The molecule has 0 bridgehead atoms. The normalized spacial score (nSPS) is 15.1. The lowest BCUT2D eigenvalue weighted by molar-refractivity contribution is -0.125. The van der Waals surface area contributed by atoms with Gasteiger partial charge in [-0.3, -0.25) is 9.36 Å². The number of carbonyl (C=O) groups is 1. The summed E-state index contributed by atoms with van der Waals surface area (Å²) in [6.07, 6.45) is 6.34. The first-order valence-corrected chi connectivity index (χ1v) is 14.3.